The van der Waals surface area contributed by atoms with Gasteiger partial charge in [-0.05, 0) is 50.5 Å². The Bertz CT molecular complexity index is 844. The third-order valence-corrected chi connectivity index (χ3v) is 4.87. The third kappa shape index (κ3) is 3.34. The molecule has 6 nitrogen and oxygen atoms in total. The largest absolute Gasteiger partial charge is 0.481 e. The van der Waals surface area contributed by atoms with Crippen molar-refractivity contribution in [3.05, 3.63) is 47.0 Å². The van der Waals surface area contributed by atoms with Gasteiger partial charge >= 0.3 is 5.97 Å². The van der Waals surface area contributed by atoms with E-state index >= 15 is 0 Å². The van der Waals surface area contributed by atoms with Crippen LogP contribution in [-0.2, 0) is 4.79 Å². The smallest absolute Gasteiger partial charge is 0.308 e. The second-order valence-electron chi connectivity index (χ2n) is 7.02. The van der Waals surface area contributed by atoms with Crippen LogP contribution in [0.5, 0.6) is 0 Å². The molecule has 0 saturated carbocycles. The van der Waals surface area contributed by atoms with Crippen LogP contribution in [0.15, 0.2) is 24.3 Å². The first kappa shape index (κ1) is 18.1. The molecule has 1 saturated heterocycles. The van der Waals surface area contributed by atoms with E-state index in [1.807, 2.05) is 6.92 Å². The molecule has 0 radical (unpaired) electrons. The highest BCUT2D eigenvalue weighted by Gasteiger charge is 2.34. The first-order chi connectivity index (χ1) is 12.3. The van der Waals surface area contributed by atoms with E-state index in [9.17, 15) is 19.1 Å². The molecule has 0 spiro atoms. The van der Waals surface area contributed by atoms with Crippen LogP contribution in [0.2, 0.25) is 0 Å². The highest BCUT2D eigenvalue weighted by atomic mass is 19.1. The summed E-state index contributed by atoms with van der Waals surface area (Å²) in [5.41, 5.74) is 2.38. The normalized spacial score (nSPS) is 20.2. The fourth-order valence-corrected chi connectivity index (χ4v) is 3.64. The van der Waals surface area contributed by atoms with Gasteiger partial charge in [0.05, 0.1) is 28.6 Å². The lowest BCUT2D eigenvalue weighted by Crippen LogP contribution is -2.45. The van der Waals surface area contributed by atoms with Crippen molar-refractivity contribution in [3.8, 4) is 5.69 Å². The summed E-state index contributed by atoms with van der Waals surface area (Å²) >= 11 is 0. The second-order valence-corrected chi connectivity index (χ2v) is 7.02. The lowest BCUT2D eigenvalue weighted by molar-refractivity contribution is -0.143. The maximum absolute atomic E-state index is 13.2. The van der Waals surface area contributed by atoms with E-state index in [0.29, 0.717) is 35.6 Å². The Labute approximate surface area is 151 Å². The average molecular weight is 359 g/mol. The fraction of sp³-hybridized carbons (Fsp3) is 0.421. The predicted octanol–water partition coefficient (Wildman–Crippen LogP) is 2.81. The molecule has 1 fully saturated rings. The molecule has 2 atom stereocenters. The number of piperidine rings is 1. The van der Waals surface area contributed by atoms with Crippen molar-refractivity contribution in [2.45, 2.75) is 27.2 Å². The first-order valence-corrected chi connectivity index (χ1v) is 8.62. The van der Waals surface area contributed by atoms with Gasteiger partial charge in [0.25, 0.3) is 5.91 Å². The van der Waals surface area contributed by atoms with Crippen LogP contribution < -0.4 is 0 Å². The lowest BCUT2D eigenvalue weighted by atomic mass is 9.90. The van der Waals surface area contributed by atoms with Gasteiger partial charge in [-0.2, -0.15) is 5.10 Å². The van der Waals surface area contributed by atoms with E-state index in [0.717, 1.165) is 0 Å². The number of amides is 1. The van der Waals surface area contributed by atoms with Crippen LogP contribution in [0.4, 0.5) is 4.39 Å². The molecule has 1 amide bonds. The highest BCUT2D eigenvalue weighted by molar-refractivity contribution is 5.97. The van der Waals surface area contributed by atoms with Crippen LogP contribution >= 0.6 is 0 Å². The minimum Gasteiger partial charge on any atom is -0.481 e. The molecular weight excluding hydrogens is 337 g/mol. The summed E-state index contributed by atoms with van der Waals surface area (Å²) in [6.07, 6.45) is 0.575. The lowest BCUT2D eigenvalue weighted by Gasteiger charge is -2.34. The monoisotopic (exact) mass is 359 g/mol. The number of hydrogen-bond acceptors (Lipinski definition) is 3. The molecule has 1 aliphatic heterocycles. The van der Waals surface area contributed by atoms with Crippen molar-refractivity contribution in [2.24, 2.45) is 11.8 Å². The molecule has 2 aromatic rings. The van der Waals surface area contributed by atoms with Crippen molar-refractivity contribution in [1.29, 1.82) is 0 Å². The van der Waals surface area contributed by atoms with Crippen molar-refractivity contribution in [2.75, 3.05) is 13.1 Å². The van der Waals surface area contributed by atoms with Crippen molar-refractivity contribution in [1.82, 2.24) is 14.7 Å². The van der Waals surface area contributed by atoms with Gasteiger partial charge in [-0.1, -0.05) is 6.92 Å². The van der Waals surface area contributed by atoms with Gasteiger partial charge in [-0.25, -0.2) is 9.07 Å². The van der Waals surface area contributed by atoms with E-state index in [-0.39, 0.29) is 24.2 Å². The number of carboxylic acids is 1. The highest BCUT2D eigenvalue weighted by Crippen LogP contribution is 2.26. The molecule has 1 aromatic carbocycles. The number of carboxylic acid groups (broad SMARTS) is 1. The Morgan fingerprint density at radius 1 is 1.19 bits per heavy atom. The predicted molar refractivity (Wildman–Crippen MR) is 93.8 cm³/mol. The van der Waals surface area contributed by atoms with Gasteiger partial charge in [-0.3, -0.25) is 9.59 Å². The summed E-state index contributed by atoms with van der Waals surface area (Å²) in [7, 11) is 0. The molecule has 2 heterocycles. The zero-order chi connectivity index (χ0) is 19.0. The maximum Gasteiger partial charge on any atom is 0.308 e. The Hall–Kier alpha value is -2.70. The van der Waals surface area contributed by atoms with E-state index in [1.165, 1.54) is 12.1 Å². The third-order valence-electron chi connectivity index (χ3n) is 4.87. The molecule has 1 aromatic heterocycles. The van der Waals surface area contributed by atoms with Gasteiger partial charge in [0.1, 0.15) is 5.82 Å². The standard InChI is InChI=1S/C19H22FN3O3/c1-11-8-14(19(25)26)10-22(9-11)18(24)17-12(2)21-23(13(17)3)16-6-4-15(20)5-7-16/h4-7,11,14H,8-10H2,1-3H3,(H,25,26). The van der Waals surface area contributed by atoms with Gasteiger partial charge in [0.2, 0.25) is 0 Å². The van der Waals surface area contributed by atoms with Gasteiger partial charge in [-0.15, -0.1) is 0 Å². The summed E-state index contributed by atoms with van der Waals surface area (Å²) in [5, 5.41) is 13.8. The van der Waals surface area contributed by atoms with Crippen LogP contribution in [0.1, 0.15) is 35.1 Å². The summed E-state index contributed by atoms with van der Waals surface area (Å²) in [4.78, 5) is 26.1. The van der Waals surface area contributed by atoms with E-state index in [4.69, 9.17) is 0 Å². The first-order valence-electron chi connectivity index (χ1n) is 8.62. The van der Waals surface area contributed by atoms with E-state index in [1.54, 1.807) is 35.6 Å². The zero-order valence-corrected chi connectivity index (χ0v) is 15.1. The van der Waals surface area contributed by atoms with Crippen LogP contribution in [0, 0.1) is 31.5 Å². The molecule has 3 rings (SSSR count). The summed E-state index contributed by atoms with van der Waals surface area (Å²) in [5.74, 6) is -1.83. The molecule has 0 aliphatic carbocycles. The molecule has 26 heavy (non-hydrogen) atoms. The summed E-state index contributed by atoms with van der Waals surface area (Å²) in [6, 6.07) is 5.90. The Kier molecular flexibility index (Phi) is 4.80. The topological polar surface area (TPSA) is 75.4 Å². The summed E-state index contributed by atoms with van der Waals surface area (Å²) in [6.45, 7) is 6.24. The zero-order valence-electron chi connectivity index (χ0n) is 15.1. The number of rotatable bonds is 3. The van der Waals surface area contributed by atoms with Crippen LogP contribution in [0.25, 0.3) is 5.69 Å². The van der Waals surface area contributed by atoms with Crippen molar-refractivity contribution in [3.63, 3.8) is 0 Å². The minimum absolute atomic E-state index is 0.126. The number of carbonyl (C=O) groups is 2. The Balaban J connectivity index is 1.92. The fourth-order valence-electron chi connectivity index (χ4n) is 3.64. The van der Waals surface area contributed by atoms with Gasteiger partial charge < -0.3 is 10.0 Å². The molecule has 2 unspecified atom stereocenters. The number of halogens is 1. The Morgan fingerprint density at radius 3 is 2.46 bits per heavy atom. The number of nitrogens with zero attached hydrogens (tertiary/aromatic N) is 3. The second kappa shape index (κ2) is 6.90. The molecule has 0 bridgehead atoms. The van der Waals surface area contributed by atoms with E-state index in [2.05, 4.69) is 5.10 Å². The molecule has 1 aliphatic rings. The quantitative estimate of drug-likeness (QED) is 0.914. The molecular formula is C19H22FN3O3. The van der Waals surface area contributed by atoms with Crippen LogP contribution in [-0.4, -0.2) is 44.8 Å². The Morgan fingerprint density at radius 2 is 1.85 bits per heavy atom. The average Bonchev–Trinajstić information content (AvgIpc) is 2.89. The number of aromatic nitrogens is 2. The van der Waals surface area contributed by atoms with Gasteiger partial charge in [0, 0.05) is 13.1 Å². The SMILES string of the molecule is Cc1nn(-c2ccc(F)cc2)c(C)c1C(=O)N1CC(C)CC(C(=O)O)C1. The maximum atomic E-state index is 13.2. The number of likely N-dealkylation sites (tertiary alicyclic amines) is 1. The molecule has 1 N–H and O–H groups in total. The summed E-state index contributed by atoms with van der Waals surface area (Å²) < 4.78 is 14.8. The van der Waals surface area contributed by atoms with E-state index < -0.39 is 11.9 Å². The van der Waals surface area contributed by atoms with Crippen LogP contribution in [0.3, 0.4) is 0 Å². The number of aliphatic carboxylic acids is 1. The molecule has 138 valence electrons. The number of carbonyl (C=O) groups excluding carboxylic acids is 1. The minimum atomic E-state index is -0.871. The number of aryl methyl sites for hydroxylation is 1. The van der Waals surface area contributed by atoms with Crippen molar-refractivity contribution < 1.29 is 19.1 Å². The molecule has 7 heteroatoms. The van der Waals surface area contributed by atoms with Crippen molar-refractivity contribution >= 4 is 11.9 Å². The number of benzene rings is 1. The van der Waals surface area contributed by atoms with Gasteiger partial charge in [0.15, 0.2) is 0 Å². The number of hydrogen-bond donors (Lipinski definition) is 1.